The highest BCUT2D eigenvalue weighted by atomic mass is 16.2. The van der Waals surface area contributed by atoms with Gasteiger partial charge in [-0.2, -0.15) is 0 Å². The largest absolute Gasteiger partial charge is 0.356 e. The monoisotopic (exact) mass is 110 g/mol. The van der Waals surface area contributed by atoms with E-state index in [1.165, 1.54) is 0 Å². The molecular weight excluding hydrogens is 108 g/mol. The summed E-state index contributed by atoms with van der Waals surface area (Å²) in [7, 11) is 0. The molecule has 0 saturated heterocycles. The Morgan fingerprint density at radius 3 is 2.75 bits per heavy atom. The van der Waals surface area contributed by atoms with E-state index in [4.69, 9.17) is 0 Å². The first-order chi connectivity index (χ1) is 3.79. The Balaban J connectivity index is 2.92. The number of carbonyl (C=O) groups excluding carboxylic acids is 2. The molecule has 0 aromatic rings. The third-order valence-electron chi connectivity index (χ3n) is 0.592. The molecule has 0 aromatic carbocycles. The van der Waals surface area contributed by atoms with Crippen LogP contribution in [0.5, 0.6) is 0 Å². The lowest BCUT2D eigenvalue weighted by molar-refractivity contribution is -0.115. The summed E-state index contributed by atoms with van der Waals surface area (Å²) in [6.07, 6.45) is 1.06. The van der Waals surface area contributed by atoms with Crippen LogP contribution in [0, 0.1) is 0 Å². The van der Waals surface area contributed by atoms with Gasteiger partial charge in [0.25, 0.3) is 5.91 Å². The highest BCUT2D eigenvalue weighted by molar-refractivity contribution is 6.09. The fourth-order valence-corrected chi connectivity index (χ4v) is 0.319. The maximum Gasteiger partial charge on any atom is 0.356 e. The number of amides is 3. The van der Waals surface area contributed by atoms with Crippen LogP contribution in [-0.2, 0) is 4.79 Å². The molecule has 1 aliphatic rings. The number of aliphatic imine (C=N–C) groups is 1. The number of hydrogen-bond donors (Lipinski definition) is 1. The quantitative estimate of drug-likeness (QED) is 0.455. The molecule has 0 saturated carbocycles. The molecule has 1 N–H and O–H groups in total. The van der Waals surface area contributed by atoms with Crippen molar-refractivity contribution in [1.82, 2.24) is 5.32 Å². The molecule has 40 valence electrons. The maximum atomic E-state index is 10.2. The van der Waals surface area contributed by atoms with Crippen molar-refractivity contribution in [3.63, 3.8) is 0 Å². The van der Waals surface area contributed by atoms with Crippen molar-refractivity contribution in [3.05, 3.63) is 6.08 Å². The third kappa shape index (κ3) is 0.802. The molecule has 0 aliphatic carbocycles. The smallest absolute Gasteiger partial charge is 0.271 e. The second-order valence-corrected chi connectivity index (χ2v) is 1.18. The summed E-state index contributed by atoms with van der Waals surface area (Å²) < 4.78 is 0. The third-order valence-corrected chi connectivity index (χ3v) is 0.592. The van der Waals surface area contributed by atoms with Crippen LogP contribution in [0.4, 0.5) is 4.79 Å². The average molecular weight is 110 g/mol. The fraction of sp³-hybridized carbons (Fsp3) is 0. The van der Waals surface area contributed by atoms with E-state index in [9.17, 15) is 9.59 Å². The molecule has 1 aliphatic heterocycles. The molecule has 0 unspecified atom stereocenters. The Hall–Kier alpha value is -1.41. The van der Waals surface area contributed by atoms with E-state index in [2.05, 4.69) is 10.9 Å². The van der Waals surface area contributed by atoms with Crippen LogP contribution in [0.1, 0.15) is 0 Å². The number of carbonyl (C=O) groups is 2. The van der Waals surface area contributed by atoms with Crippen LogP contribution < -0.4 is 5.32 Å². The van der Waals surface area contributed by atoms with Crippen LogP contribution in [0.2, 0.25) is 0 Å². The van der Waals surface area contributed by atoms with Gasteiger partial charge in [-0.25, -0.2) is 4.79 Å². The van der Waals surface area contributed by atoms with E-state index in [0.29, 0.717) is 0 Å². The molecule has 0 radical (unpaired) electrons. The van der Waals surface area contributed by atoms with Crippen LogP contribution >= 0.6 is 0 Å². The highest BCUT2D eigenvalue weighted by Gasteiger charge is 2.03. The first-order valence-electron chi connectivity index (χ1n) is 1.93. The van der Waals surface area contributed by atoms with Crippen molar-refractivity contribution >= 4 is 17.8 Å². The summed E-state index contributed by atoms with van der Waals surface area (Å²) in [5.74, 6) is 1.66. The Morgan fingerprint density at radius 1 is 1.62 bits per heavy atom. The standard InChI is InChI=1S/C4H2N2O2/c7-3-1-2-5-4(8)6-3/h1H,(H,6,7,8). The van der Waals surface area contributed by atoms with Gasteiger partial charge in [0, 0.05) is 0 Å². The predicted molar refractivity (Wildman–Crippen MR) is 25.5 cm³/mol. The molecule has 4 nitrogen and oxygen atoms in total. The van der Waals surface area contributed by atoms with E-state index in [0.717, 1.165) is 6.08 Å². The zero-order chi connectivity index (χ0) is 5.98. The summed E-state index contributed by atoms with van der Waals surface area (Å²) in [6, 6.07) is -0.655. The first-order valence-corrected chi connectivity index (χ1v) is 1.93. The van der Waals surface area contributed by atoms with Crippen LogP contribution in [-0.4, -0.2) is 17.8 Å². The minimum Gasteiger partial charge on any atom is -0.271 e. The second-order valence-electron chi connectivity index (χ2n) is 1.18. The Morgan fingerprint density at radius 2 is 2.38 bits per heavy atom. The van der Waals surface area contributed by atoms with Crippen molar-refractivity contribution in [2.45, 2.75) is 0 Å². The van der Waals surface area contributed by atoms with Crippen molar-refractivity contribution in [3.8, 4) is 0 Å². The predicted octanol–water partition coefficient (Wildman–Crippen LogP) is -0.538. The second kappa shape index (κ2) is 1.60. The van der Waals surface area contributed by atoms with Gasteiger partial charge in [-0.05, 0) is 5.87 Å². The molecule has 1 rings (SSSR count). The molecule has 0 aromatic heterocycles. The fourth-order valence-electron chi connectivity index (χ4n) is 0.319. The maximum absolute atomic E-state index is 10.2. The Kier molecular flexibility index (Phi) is 0.946. The van der Waals surface area contributed by atoms with Crippen LogP contribution in [0.15, 0.2) is 11.1 Å². The van der Waals surface area contributed by atoms with E-state index >= 15 is 0 Å². The van der Waals surface area contributed by atoms with Crippen molar-refractivity contribution < 1.29 is 9.59 Å². The van der Waals surface area contributed by atoms with E-state index in [-0.39, 0.29) is 0 Å². The molecule has 3 amide bonds. The zero-order valence-electron chi connectivity index (χ0n) is 3.84. The van der Waals surface area contributed by atoms with Gasteiger partial charge in [-0.15, -0.1) is 4.99 Å². The summed E-state index contributed by atoms with van der Waals surface area (Å²) in [5, 5.41) is 1.92. The molecule has 8 heavy (non-hydrogen) atoms. The zero-order valence-corrected chi connectivity index (χ0v) is 3.84. The summed E-state index contributed by atoms with van der Waals surface area (Å²) in [4.78, 5) is 23.4. The number of imide groups is 1. The van der Waals surface area contributed by atoms with E-state index in [1.807, 2.05) is 5.32 Å². The SMILES string of the molecule is O=C1C=C=NC(=O)N1. The number of rotatable bonds is 0. The number of urea groups is 1. The lowest BCUT2D eigenvalue weighted by Gasteiger charge is -1.93. The minimum absolute atomic E-state index is 0.468. The van der Waals surface area contributed by atoms with E-state index < -0.39 is 11.9 Å². The van der Waals surface area contributed by atoms with Gasteiger partial charge in [0.1, 0.15) is 0 Å². The Labute approximate surface area is 44.9 Å². The summed E-state index contributed by atoms with van der Waals surface area (Å²) >= 11 is 0. The highest BCUT2D eigenvalue weighted by Crippen LogP contribution is 1.77. The number of nitrogens with one attached hydrogen (secondary N) is 1. The van der Waals surface area contributed by atoms with Crippen molar-refractivity contribution in [2.75, 3.05) is 0 Å². The minimum atomic E-state index is -0.655. The van der Waals surface area contributed by atoms with Gasteiger partial charge < -0.3 is 0 Å². The average Bonchev–Trinajstić information content (AvgIpc) is 1.64. The molecular formula is C4H2N2O2. The van der Waals surface area contributed by atoms with E-state index in [1.54, 1.807) is 0 Å². The molecule has 0 bridgehead atoms. The topological polar surface area (TPSA) is 58.5 Å². The van der Waals surface area contributed by atoms with Gasteiger partial charge >= 0.3 is 6.03 Å². The Bertz CT molecular complexity index is 182. The van der Waals surface area contributed by atoms with Crippen molar-refractivity contribution in [2.24, 2.45) is 4.99 Å². The molecule has 0 spiro atoms. The van der Waals surface area contributed by atoms with Gasteiger partial charge in [0.05, 0.1) is 6.08 Å². The lowest BCUT2D eigenvalue weighted by atomic mass is 10.5. The molecule has 0 fully saturated rings. The van der Waals surface area contributed by atoms with Crippen LogP contribution in [0.25, 0.3) is 0 Å². The lowest BCUT2D eigenvalue weighted by Crippen LogP contribution is -2.28. The number of nitrogens with zero attached hydrogens (tertiary/aromatic N) is 1. The van der Waals surface area contributed by atoms with Gasteiger partial charge in [-0.3, -0.25) is 10.1 Å². The van der Waals surface area contributed by atoms with Gasteiger partial charge in [0.15, 0.2) is 0 Å². The van der Waals surface area contributed by atoms with Gasteiger partial charge in [0.2, 0.25) is 0 Å². The molecule has 4 heteroatoms. The number of hydrogen-bond acceptors (Lipinski definition) is 2. The normalized spacial score (nSPS) is 16.5. The van der Waals surface area contributed by atoms with Crippen LogP contribution in [0.3, 0.4) is 0 Å². The van der Waals surface area contributed by atoms with Gasteiger partial charge in [-0.1, -0.05) is 0 Å². The molecule has 0 atom stereocenters. The first kappa shape index (κ1) is 4.74. The summed E-state index contributed by atoms with van der Waals surface area (Å²) in [6.45, 7) is 0. The van der Waals surface area contributed by atoms with Crippen molar-refractivity contribution in [1.29, 1.82) is 0 Å². The molecule has 1 heterocycles. The summed E-state index contributed by atoms with van der Waals surface area (Å²) in [5.41, 5.74) is 0.